The lowest BCUT2D eigenvalue weighted by atomic mass is 9.86. The van der Waals surface area contributed by atoms with E-state index in [0.717, 1.165) is 12.8 Å². The number of hydrogen-bond donors (Lipinski definition) is 1. The zero-order valence-corrected chi connectivity index (χ0v) is 8.53. The summed E-state index contributed by atoms with van der Waals surface area (Å²) >= 11 is 0. The van der Waals surface area contributed by atoms with Gasteiger partial charge in [-0.15, -0.1) is 0 Å². The van der Waals surface area contributed by atoms with Gasteiger partial charge in [0.05, 0.1) is 7.11 Å². The Kier molecular flexibility index (Phi) is 2.59. The minimum Gasteiger partial charge on any atom is -0.509 e. The third-order valence-electron chi connectivity index (χ3n) is 3.35. The van der Waals surface area contributed by atoms with Crippen molar-refractivity contribution in [1.82, 2.24) is 0 Å². The molecule has 0 radical (unpaired) electrons. The minimum absolute atomic E-state index is 0.126. The molecule has 1 fully saturated rings. The summed E-state index contributed by atoms with van der Waals surface area (Å²) in [4.78, 5) is 0. The third-order valence-corrected chi connectivity index (χ3v) is 3.35. The molecule has 1 saturated carbocycles. The van der Waals surface area contributed by atoms with Crippen LogP contribution in [-0.4, -0.2) is 17.8 Å². The molecule has 3 nitrogen and oxygen atoms in total. The summed E-state index contributed by atoms with van der Waals surface area (Å²) in [5.41, 5.74) is -0.126. The van der Waals surface area contributed by atoms with Gasteiger partial charge >= 0.3 is 0 Å². The molecule has 0 aromatic carbocycles. The maximum absolute atomic E-state index is 9.39. The van der Waals surface area contributed by atoms with Crippen molar-refractivity contribution < 1.29 is 14.6 Å². The standard InChI is InChI=1S/C11H16O3/c1-13-6-4-9-3-2-5-11(9)7-10(12)8-14-11/h6,8-9H,2-5,7H2,1H3/p+1/t9-,11+/m1/s1. The van der Waals surface area contributed by atoms with Crippen molar-refractivity contribution in [3.8, 4) is 0 Å². The molecule has 1 N–H and O–H groups in total. The van der Waals surface area contributed by atoms with Crippen LogP contribution in [0.15, 0.2) is 12.0 Å². The Bertz CT molecular complexity index is 237. The lowest BCUT2D eigenvalue weighted by Crippen LogP contribution is -2.32. The van der Waals surface area contributed by atoms with Crippen LogP contribution >= 0.6 is 0 Å². The van der Waals surface area contributed by atoms with Crippen LogP contribution in [0.4, 0.5) is 0 Å². The highest BCUT2D eigenvalue weighted by molar-refractivity contribution is 5.09. The Hall–Kier alpha value is -0.830. The van der Waals surface area contributed by atoms with Crippen LogP contribution < -0.4 is 0 Å². The predicted molar refractivity (Wildman–Crippen MR) is 52.4 cm³/mol. The molecule has 14 heavy (non-hydrogen) atoms. The average molecular weight is 197 g/mol. The van der Waals surface area contributed by atoms with Crippen LogP contribution in [0.25, 0.3) is 0 Å². The van der Waals surface area contributed by atoms with E-state index in [-0.39, 0.29) is 5.60 Å². The molecule has 0 aromatic heterocycles. The lowest BCUT2D eigenvalue weighted by Gasteiger charge is -2.28. The van der Waals surface area contributed by atoms with Gasteiger partial charge in [-0.3, -0.25) is 0 Å². The molecule has 2 atom stereocenters. The van der Waals surface area contributed by atoms with Crippen molar-refractivity contribution in [3.63, 3.8) is 0 Å². The van der Waals surface area contributed by atoms with Gasteiger partial charge in [0.1, 0.15) is 24.0 Å². The Morgan fingerprint density at radius 3 is 3.29 bits per heavy atom. The number of rotatable bonds is 3. The van der Waals surface area contributed by atoms with Crippen LogP contribution in [0.2, 0.25) is 0 Å². The van der Waals surface area contributed by atoms with Gasteiger partial charge in [0, 0.05) is 12.3 Å². The minimum atomic E-state index is -0.126. The molecule has 1 aliphatic carbocycles. The highest BCUT2D eigenvalue weighted by Gasteiger charge is 2.49. The normalized spacial score (nSPS) is 35.8. The Balaban J connectivity index is 1.97. The molecule has 1 aliphatic heterocycles. The van der Waals surface area contributed by atoms with Gasteiger partial charge in [-0.05, 0) is 19.3 Å². The zero-order valence-electron chi connectivity index (χ0n) is 8.53. The predicted octanol–water partition coefficient (Wildman–Crippen LogP) is 2.54. The molecular weight excluding hydrogens is 180 g/mol. The monoisotopic (exact) mass is 197 g/mol. The molecule has 2 aliphatic rings. The van der Waals surface area contributed by atoms with Gasteiger partial charge in [0.15, 0.2) is 0 Å². The largest absolute Gasteiger partial charge is 0.509 e. The van der Waals surface area contributed by atoms with Crippen LogP contribution in [-0.2, 0) is 9.47 Å². The SMILES string of the molecule is CO[CH+]C[C@H]1CCC[C@]12CC(O)=CO2. The lowest BCUT2D eigenvalue weighted by molar-refractivity contribution is 0.00167. The molecule has 0 amide bonds. The first-order valence-electron chi connectivity index (χ1n) is 5.17. The molecule has 0 unspecified atom stereocenters. The molecule has 0 aromatic rings. The molecule has 1 heterocycles. The van der Waals surface area contributed by atoms with E-state index in [1.807, 2.05) is 6.61 Å². The Morgan fingerprint density at radius 1 is 1.79 bits per heavy atom. The molecule has 0 bridgehead atoms. The quantitative estimate of drug-likeness (QED) is 0.706. The van der Waals surface area contributed by atoms with Crippen molar-refractivity contribution in [2.24, 2.45) is 5.92 Å². The van der Waals surface area contributed by atoms with Gasteiger partial charge in [-0.1, -0.05) is 0 Å². The van der Waals surface area contributed by atoms with E-state index in [2.05, 4.69) is 0 Å². The second-order valence-corrected chi connectivity index (χ2v) is 4.20. The van der Waals surface area contributed by atoms with E-state index in [0.29, 0.717) is 18.1 Å². The van der Waals surface area contributed by atoms with Crippen molar-refractivity contribution in [2.75, 3.05) is 7.11 Å². The molecule has 2 rings (SSSR count). The van der Waals surface area contributed by atoms with Crippen molar-refractivity contribution in [2.45, 2.75) is 37.7 Å². The number of ether oxygens (including phenoxy) is 2. The molecule has 78 valence electrons. The summed E-state index contributed by atoms with van der Waals surface area (Å²) in [6.45, 7) is 1.83. The zero-order chi connectivity index (χ0) is 10.0. The third kappa shape index (κ3) is 1.57. The Morgan fingerprint density at radius 2 is 2.64 bits per heavy atom. The van der Waals surface area contributed by atoms with Gasteiger partial charge < -0.3 is 9.84 Å². The summed E-state index contributed by atoms with van der Waals surface area (Å²) in [5.74, 6) is 0.873. The highest BCUT2D eigenvalue weighted by atomic mass is 16.5. The second-order valence-electron chi connectivity index (χ2n) is 4.20. The summed E-state index contributed by atoms with van der Waals surface area (Å²) in [7, 11) is 1.67. The van der Waals surface area contributed by atoms with E-state index in [1.165, 1.54) is 19.1 Å². The van der Waals surface area contributed by atoms with E-state index in [1.54, 1.807) is 7.11 Å². The second kappa shape index (κ2) is 3.73. The average Bonchev–Trinajstić information content (AvgIpc) is 2.72. The summed E-state index contributed by atoms with van der Waals surface area (Å²) in [5, 5.41) is 9.39. The van der Waals surface area contributed by atoms with Crippen LogP contribution in [0, 0.1) is 12.5 Å². The maximum Gasteiger partial charge on any atom is 0.227 e. The van der Waals surface area contributed by atoms with Gasteiger partial charge in [-0.2, -0.15) is 4.74 Å². The number of aliphatic hydroxyl groups is 1. The number of hydrogen-bond acceptors (Lipinski definition) is 3. The fourth-order valence-corrected chi connectivity index (χ4v) is 2.62. The fourth-order valence-electron chi connectivity index (χ4n) is 2.62. The molecule has 0 saturated heterocycles. The van der Waals surface area contributed by atoms with Crippen LogP contribution in [0.5, 0.6) is 0 Å². The number of methoxy groups -OCH3 is 1. The van der Waals surface area contributed by atoms with Crippen molar-refractivity contribution in [3.05, 3.63) is 18.6 Å². The van der Waals surface area contributed by atoms with Crippen molar-refractivity contribution in [1.29, 1.82) is 0 Å². The topological polar surface area (TPSA) is 38.7 Å². The molecule has 3 heteroatoms. The smallest absolute Gasteiger partial charge is 0.227 e. The van der Waals surface area contributed by atoms with Crippen molar-refractivity contribution >= 4 is 0 Å². The molecule has 1 spiro atoms. The van der Waals surface area contributed by atoms with E-state index < -0.39 is 0 Å². The van der Waals surface area contributed by atoms with Gasteiger partial charge in [-0.25, -0.2) is 0 Å². The summed E-state index contributed by atoms with van der Waals surface area (Å²) in [6.07, 6.45) is 6.50. The van der Waals surface area contributed by atoms with Gasteiger partial charge in [0.2, 0.25) is 6.61 Å². The summed E-state index contributed by atoms with van der Waals surface area (Å²) < 4.78 is 10.6. The van der Waals surface area contributed by atoms with Crippen LogP contribution in [0.3, 0.4) is 0 Å². The van der Waals surface area contributed by atoms with Crippen LogP contribution in [0.1, 0.15) is 32.1 Å². The fraction of sp³-hybridized carbons (Fsp3) is 0.727. The molecular formula is C11H17O3+. The first-order chi connectivity index (χ1) is 6.77. The summed E-state index contributed by atoms with van der Waals surface area (Å²) in [6, 6.07) is 0. The van der Waals surface area contributed by atoms with E-state index in [9.17, 15) is 5.11 Å². The Labute approximate surface area is 84.7 Å². The maximum atomic E-state index is 9.39. The number of aliphatic hydroxyl groups excluding tert-OH is 1. The first-order valence-corrected chi connectivity index (χ1v) is 5.17. The first kappa shape index (κ1) is 9.71. The van der Waals surface area contributed by atoms with E-state index in [4.69, 9.17) is 9.47 Å². The highest BCUT2D eigenvalue weighted by Crippen LogP contribution is 2.47. The van der Waals surface area contributed by atoms with Gasteiger partial charge in [0.25, 0.3) is 0 Å². The van der Waals surface area contributed by atoms with E-state index >= 15 is 0 Å².